The fourth-order valence-electron chi connectivity index (χ4n) is 5.74. The standard InChI is InChI=1S/C28H24N2O5/c31-26-23(13-12-16-6-5-7-17-14-24(27(32)33)30(26)25(16)17)29-28(34)35-15-22-20-10-3-1-8-18(20)19-9-2-4-11-21(19)22/h1-11,22-24H,12-15H2,(H,29,34)(H,32,33)/t23-,24-/m0/s1. The summed E-state index contributed by atoms with van der Waals surface area (Å²) in [5.74, 6) is -1.54. The molecule has 0 saturated carbocycles. The van der Waals surface area contributed by atoms with Gasteiger partial charge in [-0.2, -0.15) is 0 Å². The third-order valence-electron chi connectivity index (χ3n) is 7.33. The van der Waals surface area contributed by atoms with Crippen LogP contribution in [0.3, 0.4) is 0 Å². The average Bonchev–Trinajstić information content (AvgIpc) is 3.37. The van der Waals surface area contributed by atoms with Crippen molar-refractivity contribution in [1.29, 1.82) is 0 Å². The number of aryl methyl sites for hydroxylation is 1. The maximum Gasteiger partial charge on any atom is 0.407 e. The third-order valence-corrected chi connectivity index (χ3v) is 7.33. The van der Waals surface area contributed by atoms with Crippen molar-refractivity contribution in [1.82, 2.24) is 5.32 Å². The number of nitrogens with zero attached hydrogens (tertiary/aromatic N) is 1. The molecule has 6 rings (SSSR count). The van der Waals surface area contributed by atoms with E-state index in [0.717, 1.165) is 33.4 Å². The summed E-state index contributed by atoms with van der Waals surface area (Å²) in [4.78, 5) is 39.5. The molecule has 3 aromatic carbocycles. The topological polar surface area (TPSA) is 95.9 Å². The number of anilines is 1. The van der Waals surface area contributed by atoms with Gasteiger partial charge in [-0.25, -0.2) is 9.59 Å². The maximum atomic E-state index is 13.4. The van der Waals surface area contributed by atoms with E-state index in [2.05, 4.69) is 17.4 Å². The Morgan fingerprint density at radius 3 is 2.29 bits per heavy atom. The van der Waals surface area contributed by atoms with Crippen LogP contribution in [0.4, 0.5) is 10.5 Å². The van der Waals surface area contributed by atoms with Crippen molar-refractivity contribution in [2.75, 3.05) is 11.5 Å². The van der Waals surface area contributed by atoms with Crippen LogP contribution in [-0.4, -0.2) is 41.8 Å². The minimum absolute atomic E-state index is 0.0835. The van der Waals surface area contributed by atoms with Crippen LogP contribution in [0.2, 0.25) is 0 Å². The van der Waals surface area contributed by atoms with Crippen LogP contribution in [0, 0.1) is 0 Å². The van der Waals surface area contributed by atoms with E-state index < -0.39 is 30.1 Å². The lowest BCUT2D eigenvalue weighted by Gasteiger charge is -2.26. The Morgan fingerprint density at radius 2 is 1.60 bits per heavy atom. The minimum atomic E-state index is -1.05. The van der Waals surface area contributed by atoms with E-state index in [-0.39, 0.29) is 18.9 Å². The van der Waals surface area contributed by atoms with Crippen molar-refractivity contribution in [3.63, 3.8) is 0 Å². The van der Waals surface area contributed by atoms with Crippen molar-refractivity contribution >= 4 is 23.7 Å². The monoisotopic (exact) mass is 468 g/mol. The molecule has 2 amide bonds. The summed E-state index contributed by atoms with van der Waals surface area (Å²) in [5, 5.41) is 12.5. The number of carboxylic acid groups (broad SMARTS) is 1. The van der Waals surface area contributed by atoms with Crippen molar-refractivity contribution in [3.05, 3.63) is 89.0 Å². The van der Waals surface area contributed by atoms with Gasteiger partial charge in [-0.1, -0.05) is 66.7 Å². The molecule has 0 fully saturated rings. The molecule has 7 nitrogen and oxygen atoms in total. The van der Waals surface area contributed by atoms with Gasteiger partial charge < -0.3 is 15.2 Å². The van der Waals surface area contributed by atoms with Crippen molar-refractivity contribution < 1.29 is 24.2 Å². The first-order valence-corrected chi connectivity index (χ1v) is 11.8. The average molecular weight is 469 g/mol. The SMILES string of the molecule is O=C(N[C@H]1CCc2cccc3c2N(C1=O)[C@H](C(=O)O)C3)OCC1c2ccccc2-c2ccccc21. The number of nitrogens with one attached hydrogen (secondary N) is 1. The van der Waals surface area contributed by atoms with Gasteiger partial charge in [0.25, 0.3) is 5.91 Å². The summed E-state index contributed by atoms with van der Waals surface area (Å²) in [6.45, 7) is 0.145. The molecule has 176 valence electrons. The highest BCUT2D eigenvalue weighted by molar-refractivity contribution is 6.06. The Labute approximate surface area is 202 Å². The maximum absolute atomic E-state index is 13.4. The molecule has 2 heterocycles. The lowest BCUT2D eigenvalue weighted by atomic mass is 9.98. The summed E-state index contributed by atoms with van der Waals surface area (Å²) in [6, 6.07) is 20.0. The number of hydrogen-bond donors (Lipinski definition) is 2. The highest BCUT2D eigenvalue weighted by Crippen LogP contribution is 2.44. The number of aliphatic carboxylic acids is 1. The van der Waals surface area contributed by atoms with Crippen LogP contribution >= 0.6 is 0 Å². The second kappa shape index (κ2) is 8.27. The normalized spacial score (nSPS) is 20.0. The summed E-state index contributed by atoms with van der Waals surface area (Å²) < 4.78 is 5.63. The molecule has 0 aromatic heterocycles. The van der Waals surface area contributed by atoms with E-state index in [4.69, 9.17) is 4.74 Å². The van der Waals surface area contributed by atoms with Crippen LogP contribution < -0.4 is 10.2 Å². The number of amides is 2. The lowest BCUT2D eigenvalue weighted by Crippen LogP contribution is -2.52. The second-order valence-electron chi connectivity index (χ2n) is 9.25. The lowest BCUT2D eigenvalue weighted by molar-refractivity contribution is -0.140. The Hall–Kier alpha value is -4.13. The van der Waals surface area contributed by atoms with E-state index in [1.165, 1.54) is 4.90 Å². The van der Waals surface area contributed by atoms with Gasteiger partial charge in [0.15, 0.2) is 0 Å². The highest BCUT2D eigenvalue weighted by Gasteiger charge is 2.44. The third kappa shape index (κ3) is 3.46. The van der Waals surface area contributed by atoms with Gasteiger partial charge in [0, 0.05) is 12.3 Å². The van der Waals surface area contributed by atoms with Gasteiger partial charge in [-0.3, -0.25) is 9.69 Å². The molecule has 0 saturated heterocycles. The molecule has 1 aliphatic carbocycles. The number of rotatable bonds is 4. The predicted molar refractivity (Wildman–Crippen MR) is 129 cm³/mol. The number of benzene rings is 3. The molecular weight excluding hydrogens is 444 g/mol. The van der Waals surface area contributed by atoms with Gasteiger partial charge in [0.1, 0.15) is 18.7 Å². The fraction of sp³-hybridized carbons (Fsp3) is 0.250. The number of alkyl carbamates (subject to hydrolysis) is 1. The number of para-hydroxylation sites is 1. The number of fused-ring (bicyclic) bond motifs is 3. The zero-order valence-electron chi connectivity index (χ0n) is 18.9. The number of ether oxygens (including phenoxy) is 1. The largest absolute Gasteiger partial charge is 0.480 e. The molecule has 3 aliphatic rings. The Morgan fingerprint density at radius 1 is 0.943 bits per heavy atom. The molecule has 0 unspecified atom stereocenters. The van der Waals surface area contributed by atoms with Gasteiger partial charge >= 0.3 is 12.1 Å². The van der Waals surface area contributed by atoms with E-state index in [1.807, 2.05) is 54.6 Å². The number of hydrogen-bond acceptors (Lipinski definition) is 4. The van der Waals surface area contributed by atoms with E-state index >= 15 is 0 Å². The Balaban J connectivity index is 1.19. The molecule has 0 bridgehead atoms. The summed E-state index contributed by atoms with van der Waals surface area (Å²) in [6.07, 6.45) is 0.526. The first-order chi connectivity index (χ1) is 17.0. The molecule has 7 heteroatoms. The molecule has 0 spiro atoms. The Kier molecular flexibility index (Phi) is 5.06. The quantitative estimate of drug-likeness (QED) is 0.606. The van der Waals surface area contributed by atoms with E-state index in [1.54, 1.807) is 0 Å². The summed E-state index contributed by atoms with van der Waals surface area (Å²) >= 11 is 0. The first kappa shape index (κ1) is 21.4. The highest BCUT2D eigenvalue weighted by atomic mass is 16.5. The Bertz CT molecular complexity index is 1320. The molecule has 2 N–H and O–H groups in total. The molecule has 35 heavy (non-hydrogen) atoms. The predicted octanol–water partition coefficient (Wildman–Crippen LogP) is 3.88. The van der Waals surface area contributed by atoms with Crippen LogP contribution in [0.5, 0.6) is 0 Å². The minimum Gasteiger partial charge on any atom is -0.480 e. The van der Waals surface area contributed by atoms with Crippen LogP contribution in [0.15, 0.2) is 66.7 Å². The number of carbonyl (C=O) groups is 3. The summed E-state index contributed by atoms with van der Waals surface area (Å²) in [5.41, 5.74) is 6.95. The van der Waals surface area contributed by atoms with Crippen LogP contribution in [0.25, 0.3) is 11.1 Å². The zero-order chi connectivity index (χ0) is 24.1. The molecule has 2 aliphatic heterocycles. The molecule has 0 radical (unpaired) electrons. The van der Waals surface area contributed by atoms with Crippen molar-refractivity contribution in [3.8, 4) is 11.1 Å². The van der Waals surface area contributed by atoms with Crippen LogP contribution in [0.1, 0.15) is 34.6 Å². The fourth-order valence-corrected chi connectivity index (χ4v) is 5.74. The van der Waals surface area contributed by atoms with Crippen molar-refractivity contribution in [2.24, 2.45) is 0 Å². The van der Waals surface area contributed by atoms with Gasteiger partial charge in [0.05, 0.1) is 5.69 Å². The van der Waals surface area contributed by atoms with Gasteiger partial charge in [-0.15, -0.1) is 0 Å². The second-order valence-corrected chi connectivity index (χ2v) is 9.25. The summed E-state index contributed by atoms with van der Waals surface area (Å²) in [7, 11) is 0. The van der Waals surface area contributed by atoms with E-state index in [0.29, 0.717) is 18.5 Å². The first-order valence-electron chi connectivity index (χ1n) is 11.8. The molecule has 2 atom stereocenters. The van der Waals surface area contributed by atoms with Gasteiger partial charge in [-0.05, 0) is 46.2 Å². The molecule has 3 aromatic rings. The smallest absolute Gasteiger partial charge is 0.407 e. The van der Waals surface area contributed by atoms with Gasteiger partial charge in [0.2, 0.25) is 0 Å². The molecular formula is C28H24N2O5. The number of carbonyl (C=O) groups excluding carboxylic acids is 2. The van der Waals surface area contributed by atoms with Crippen LogP contribution in [-0.2, 0) is 27.2 Å². The zero-order valence-corrected chi connectivity index (χ0v) is 18.9. The van der Waals surface area contributed by atoms with E-state index in [9.17, 15) is 19.5 Å². The van der Waals surface area contributed by atoms with Crippen molar-refractivity contribution in [2.45, 2.75) is 37.3 Å². The number of carboxylic acids is 1.